The third kappa shape index (κ3) is 3.25. The lowest BCUT2D eigenvalue weighted by Crippen LogP contribution is -2.25. The van der Waals surface area contributed by atoms with Gasteiger partial charge in [-0.2, -0.15) is 0 Å². The van der Waals surface area contributed by atoms with Crippen LogP contribution < -0.4 is 5.32 Å². The molecule has 0 aliphatic carbocycles. The van der Waals surface area contributed by atoms with Crippen molar-refractivity contribution < 1.29 is 4.79 Å². The van der Waals surface area contributed by atoms with E-state index in [-0.39, 0.29) is 5.91 Å². The quantitative estimate of drug-likeness (QED) is 0.485. The highest BCUT2D eigenvalue weighted by atomic mass is 16.1. The second kappa shape index (κ2) is 7.24. The molecule has 0 radical (unpaired) electrons. The Bertz CT molecular complexity index is 1300. The van der Waals surface area contributed by atoms with Crippen LogP contribution in [0.1, 0.15) is 15.9 Å². The molecule has 0 aliphatic rings. The van der Waals surface area contributed by atoms with E-state index in [2.05, 4.69) is 20.3 Å². The van der Waals surface area contributed by atoms with E-state index in [1.807, 2.05) is 71.4 Å². The van der Waals surface area contributed by atoms with Gasteiger partial charge in [-0.25, -0.2) is 4.98 Å². The minimum atomic E-state index is -0.0835. The fourth-order valence-corrected chi connectivity index (χ4v) is 3.55. The number of pyridine rings is 1. The van der Waals surface area contributed by atoms with Crippen LogP contribution in [0.25, 0.3) is 27.8 Å². The van der Waals surface area contributed by atoms with Crippen LogP contribution in [0.5, 0.6) is 0 Å². The molecule has 0 atom stereocenters. The number of hydrogen-bond acceptors (Lipinski definition) is 3. The van der Waals surface area contributed by atoms with E-state index >= 15 is 0 Å². The van der Waals surface area contributed by atoms with E-state index in [0.29, 0.717) is 12.1 Å². The van der Waals surface area contributed by atoms with E-state index in [0.717, 1.165) is 39.7 Å². The van der Waals surface area contributed by atoms with Gasteiger partial charge in [-0.1, -0.05) is 12.1 Å². The normalized spacial score (nSPS) is 11.2. The number of aromatic nitrogens is 4. The first kappa shape index (κ1) is 17.2. The number of H-pyrrole nitrogens is 1. The summed E-state index contributed by atoms with van der Waals surface area (Å²) in [6.45, 7) is 0.552. The first-order chi connectivity index (χ1) is 14.3. The van der Waals surface area contributed by atoms with Crippen LogP contribution in [0.3, 0.4) is 0 Å². The van der Waals surface area contributed by atoms with Gasteiger partial charge in [-0.05, 0) is 60.5 Å². The van der Waals surface area contributed by atoms with E-state index in [1.165, 1.54) is 0 Å². The smallest absolute Gasteiger partial charge is 0.251 e. The fraction of sp³-hybridized carbons (Fsp3) is 0.0870. The summed E-state index contributed by atoms with van der Waals surface area (Å²) >= 11 is 0. The Hall–Kier alpha value is -3.93. The number of imidazole rings is 1. The number of amides is 1. The lowest BCUT2D eigenvalue weighted by molar-refractivity contribution is 0.0954. The standard InChI is InChI=1S/C23H19N5O/c29-23(25-13-11-17-14-26-20-5-3-12-24-22(17)20)16-7-9-18(10-8-16)28-15-27-19-4-1-2-6-21(19)28/h1-10,12,14-15,26H,11,13H2,(H,25,29). The Morgan fingerprint density at radius 3 is 2.76 bits per heavy atom. The minimum Gasteiger partial charge on any atom is -0.360 e. The molecule has 29 heavy (non-hydrogen) atoms. The molecule has 1 amide bonds. The lowest BCUT2D eigenvalue weighted by atomic mass is 10.1. The summed E-state index contributed by atoms with van der Waals surface area (Å²) in [5, 5.41) is 2.99. The maximum Gasteiger partial charge on any atom is 0.251 e. The first-order valence-electron chi connectivity index (χ1n) is 9.51. The highest BCUT2D eigenvalue weighted by Crippen LogP contribution is 2.18. The Morgan fingerprint density at radius 2 is 1.86 bits per heavy atom. The van der Waals surface area contributed by atoms with Gasteiger partial charge in [0.25, 0.3) is 5.91 Å². The van der Waals surface area contributed by atoms with Crippen molar-refractivity contribution >= 4 is 28.0 Å². The molecule has 0 saturated heterocycles. The third-order valence-corrected chi connectivity index (χ3v) is 5.05. The molecule has 2 aromatic carbocycles. The van der Waals surface area contributed by atoms with Crippen molar-refractivity contribution in [3.8, 4) is 5.69 Å². The highest BCUT2D eigenvalue weighted by molar-refractivity contribution is 5.94. The van der Waals surface area contributed by atoms with E-state index in [4.69, 9.17) is 0 Å². The SMILES string of the molecule is O=C(NCCc1c[nH]c2cccnc12)c1ccc(-n2cnc3ccccc32)cc1. The fourth-order valence-electron chi connectivity index (χ4n) is 3.55. The van der Waals surface area contributed by atoms with E-state index in [1.54, 1.807) is 12.5 Å². The number of fused-ring (bicyclic) bond motifs is 2. The molecule has 3 aromatic heterocycles. The van der Waals surface area contributed by atoms with Crippen molar-refractivity contribution in [2.75, 3.05) is 6.54 Å². The Kier molecular flexibility index (Phi) is 4.29. The molecule has 0 saturated carbocycles. The zero-order chi connectivity index (χ0) is 19.6. The number of carbonyl (C=O) groups excluding carboxylic acids is 1. The number of rotatable bonds is 5. The van der Waals surface area contributed by atoms with Crippen LogP contribution in [0.2, 0.25) is 0 Å². The van der Waals surface area contributed by atoms with Gasteiger partial charge in [0.05, 0.1) is 22.1 Å². The number of carbonyl (C=O) groups is 1. The molecule has 3 heterocycles. The van der Waals surface area contributed by atoms with Crippen LogP contribution in [-0.2, 0) is 6.42 Å². The topological polar surface area (TPSA) is 75.6 Å². The zero-order valence-electron chi connectivity index (χ0n) is 15.7. The van der Waals surface area contributed by atoms with Crippen LogP contribution in [0, 0.1) is 0 Å². The van der Waals surface area contributed by atoms with Gasteiger partial charge in [-0.15, -0.1) is 0 Å². The Morgan fingerprint density at radius 1 is 1.00 bits per heavy atom. The number of nitrogens with one attached hydrogen (secondary N) is 2. The average Bonchev–Trinajstić information content (AvgIpc) is 3.38. The summed E-state index contributed by atoms with van der Waals surface area (Å²) in [6.07, 6.45) is 6.26. The molecule has 0 fully saturated rings. The number of benzene rings is 2. The van der Waals surface area contributed by atoms with Gasteiger partial charge in [0.1, 0.15) is 6.33 Å². The molecule has 0 aliphatic heterocycles. The van der Waals surface area contributed by atoms with Crippen molar-refractivity contribution in [1.29, 1.82) is 0 Å². The van der Waals surface area contributed by atoms with Crippen LogP contribution in [0.4, 0.5) is 0 Å². The molecule has 0 spiro atoms. The monoisotopic (exact) mass is 381 g/mol. The lowest BCUT2D eigenvalue weighted by Gasteiger charge is -2.07. The molecule has 142 valence electrons. The second-order valence-corrected chi connectivity index (χ2v) is 6.87. The summed E-state index contributed by atoms with van der Waals surface area (Å²) in [6, 6.07) is 19.4. The maximum atomic E-state index is 12.5. The van der Waals surface area contributed by atoms with Crippen molar-refractivity contribution in [2.45, 2.75) is 6.42 Å². The van der Waals surface area contributed by atoms with Gasteiger partial charge in [-0.3, -0.25) is 14.3 Å². The highest BCUT2D eigenvalue weighted by Gasteiger charge is 2.09. The zero-order valence-corrected chi connectivity index (χ0v) is 15.7. The maximum absolute atomic E-state index is 12.5. The van der Waals surface area contributed by atoms with Crippen molar-refractivity contribution in [1.82, 2.24) is 24.8 Å². The summed E-state index contributed by atoms with van der Waals surface area (Å²) in [5.74, 6) is -0.0835. The second-order valence-electron chi connectivity index (χ2n) is 6.87. The predicted molar refractivity (Wildman–Crippen MR) is 113 cm³/mol. The number of aromatic amines is 1. The summed E-state index contributed by atoms with van der Waals surface area (Å²) in [4.78, 5) is 24.5. The van der Waals surface area contributed by atoms with Gasteiger partial charge < -0.3 is 10.3 Å². The summed E-state index contributed by atoms with van der Waals surface area (Å²) in [5.41, 5.74) is 6.66. The predicted octanol–water partition coefficient (Wildman–Crippen LogP) is 3.87. The number of hydrogen-bond donors (Lipinski definition) is 2. The first-order valence-corrected chi connectivity index (χ1v) is 9.51. The largest absolute Gasteiger partial charge is 0.360 e. The molecule has 5 aromatic rings. The Balaban J connectivity index is 1.26. The van der Waals surface area contributed by atoms with Gasteiger partial charge in [0, 0.05) is 30.2 Å². The number of nitrogens with zero attached hydrogens (tertiary/aromatic N) is 3. The Labute approximate surface area is 167 Å². The third-order valence-electron chi connectivity index (χ3n) is 5.05. The van der Waals surface area contributed by atoms with Gasteiger partial charge in [0.2, 0.25) is 0 Å². The molecule has 0 bridgehead atoms. The summed E-state index contributed by atoms with van der Waals surface area (Å²) in [7, 11) is 0. The molecule has 5 rings (SSSR count). The molecule has 6 nitrogen and oxygen atoms in total. The van der Waals surface area contributed by atoms with Gasteiger partial charge >= 0.3 is 0 Å². The molecule has 2 N–H and O–H groups in total. The van der Waals surface area contributed by atoms with Gasteiger partial charge in [0.15, 0.2) is 0 Å². The average molecular weight is 381 g/mol. The van der Waals surface area contributed by atoms with Crippen molar-refractivity contribution in [3.63, 3.8) is 0 Å². The molecular weight excluding hydrogens is 362 g/mol. The van der Waals surface area contributed by atoms with E-state index < -0.39 is 0 Å². The molecular formula is C23H19N5O. The van der Waals surface area contributed by atoms with E-state index in [9.17, 15) is 4.79 Å². The van der Waals surface area contributed by atoms with Crippen LogP contribution >= 0.6 is 0 Å². The minimum absolute atomic E-state index is 0.0835. The van der Waals surface area contributed by atoms with Crippen molar-refractivity contribution in [2.24, 2.45) is 0 Å². The molecule has 6 heteroatoms. The van der Waals surface area contributed by atoms with Crippen LogP contribution in [-0.4, -0.2) is 32.0 Å². The number of para-hydroxylation sites is 2. The molecule has 0 unspecified atom stereocenters. The van der Waals surface area contributed by atoms with Crippen molar-refractivity contribution in [3.05, 3.63) is 90.5 Å². The van der Waals surface area contributed by atoms with Crippen LogP contribution in [0.15, 0.2) is 79.4 Å². The summed E-state index contributed by atoms with van der Waals surface area (Å²) < 4.78 is 2.01.